The molecule has 7 rings (SSSR count). The van der Waals surface area contributed by atoms with Crippen molar-refractivity contribution < 1.29 is 14.6 Å². The summed E-state index contributed by atoms with van der Waals surface area (Å²) in [7, 11) is 3.63. The molecule has 5 nitrogen and oxygen atoms in total. The van der Waals surface area contributed by atoms with Crippen molar-refractivity contribution in [1.29, 1.82) is 0 Å². The molecule has 4 saturated heterocycles. The normalized spacial score (nSPS) is 49.5. The lowest BCUT2D eigenvalue weighted by Gasteiger charge is -2.61. The van der Waals surface area contributed by atoms with Gasteiger partial charge in [0.25, 0.3) is 0 Å². The fraction of sp³-hybridized carbons (Fsp3) is 0.591. The van der Waals surface area contributed by atoms with Gasteiger partial charge in [-0.2, -0.15) is 0 Å². The fourth-order valence-corrected chi connectivity index (χ4v) is 7.97. The molecular weight excluding hydrogens is 340 g/mol. The van der Waals surface area contributed by atoms with Crippen LogP contribution in [-0.2, 0) is 14.9 Å². The number of carbonyl (C=O) groups excluding carboxylic acids is 1. The summed E-state index contributed by atoms with van der Waals surface area (Å²) in [6, 6.07) is 9.09. The number of methoxy groups -OCH3 is 1. The third-order valence-corrected chi connectivity index (χ3v) is 8.72. The Balaban J connectivity index is 1.67. The molecule has 142 valence electrons. The molecular formula is C22H26N2O3. The Hall–Kier alpha value is -1.85. The molecule has 1 aromatic rings. The number of ether oxygens (including phenoxy) is 1. The molecule has 1 saturated carbocycles. The molecule has 0 aromatic heterocycles. The van der Waals surface area contributed by atoms with Crippen LogP contribution in [0.25, 0.3) is 0 Å². The highest BCUT2D eigenvalue weighted by Crippen LogP contribution is 2.72. The number of rotatable bonds is 1. The average Bonchev–Trinajstić information content (AvgIpc) is 3.08. The van der Waals surface area contributed by atoms with E-state index in [4.69, 9.17) is 4.74 Å². The van der Waals surface area contributed by atoms with E-state index < -0.39 is 11.5 Å². The molecule has 5 aliphatic heterocycles. The van der Waals surface area contributed by atoms with Crippen molar-refractivity contribution in [3.05, 3.63) is 41.5 Å². The number of aliphatic hydroxyl groups excluding tert-OH is 1. The number of likely N-dealkylation sites (N-methyl/N-ethyl adjacent to an activating group) is 1. The highest BCUT2D eigenvalue weighted by Gasteiger charge is 2.82. The van der Waals surface area contributed by atoms with Crippen molar-refractivity contribution in [3.63, 3.8) is 0 Å². The Morgan fingerprint density at radius 2 is 2.15 bits per heavy atom. The van der Waals surface area contributed by atoms with Crippen LogP contribution in [0.4, 0.5) is 5.69 Å². The van der Waals surface area contributed by atoms with Crippen molar-refractivity contribution in [1.82, 2.24) is 4.90 Å². The number of allylic oxidation sites excluding steroid dienone is 1. The molecule has 6 aliphatic rings. The first-order chi connectivity index (χ1) is 13.0. The molecule has 1 aromatic carbocycles. The van der Waals surface area contributed by atoms with E-state index in [1.807, 2.05) is 0 Å². The number of aliphatic hydroxyl groups is 1. The summed E-state index contributed by atoms with van der Waals surface area (Å²) in [5, 5.41) is 12.0. The van der Waals surface area contributed by atoms with E-state index in [9.17, 15) is 9.90 Å². The van der Waals surface area contributed by atoms with Crippen LogP contribution in [0, 0.1) is 11.3 Å². The average molecular weight is 366 g/mol. The maximum Gasteiger partial charge on any atom is 0.316 e. The number of hydrogen-bond acceptors (Lipinski definition) is 5. The second-order valence-electron chi connectivity index (χ2n) is 9.05. The largest absolute Gasteiger partial charge is 0.468 e. The SMILES string of the molecule is C/C=C1/CN2C3CC1C1(C(=O)OC)[C@@H]2CC2(c4ccccc4N(C)[C@H]32)[C@@H]1O. The van der Waals surface area contributed by atoms with Gasteiger partial charge in [-0.25, -0.2) is 0 Å². The summed E-state index contributed by atoms with van der Waals surface area (Å²) in [6.07, 6.45) is 3.19. The third-order valence-electron chi connectivity index (χ3n) is 8.72. The third kappa shape index (κ3) is 1.40. The smallest absolute Gasteiger partial charge is 0.316 e. The molecule has 5 unspecified atom stereocenters. The van der Waals surface area contributed by atoms with E-state index in [1.165, 1.54) is 23.9 Å². The van der Waals surface area contributed by atoms with Gasteiger partial charge in [0.1, 0.15) is 5.41 Å². The van der Waals surface area contributed by atoms with Gasteiger partial charge in [-0.1, -0.05) is 29.8 Å². The van der Waals surface area contributed by atoms with E-state index in [0.717, 1.165) is 19.4 Å². The van der Waals surface area contributed by atoms with Crippen LogP contribution in [0.15, 0.2) is 35.9 Å². The van der Waals surface area contributed by atoms with Gasteiger partial charge in [0, 0.05) is 42.7 Å². The van der Waals surface area contributed by atoms with Crippen LogP contribution in [0.3, 0.4) is 0 Å². The van der Waals surface area contributed by atoms with Crippen molar-refractivity contribution in [2.45, 2.75) is 49.4 Å². The van der Waals surface area contributed by atoms with E-state index in [1.54, 1.807) is 0 Å². The molecule has 8 atom stereocenters. The minimum absolute atomic E-state index is 0.0585. The molecule has 0 radical (unpaired) electrons. The standard InChI is InChI=1S/C22H26N2O3/c1-4-12-11-24-16-9-14(12)22(20(26)27-3)17(24)10-21(19(22)25)13-7-5-6-8-15(13)23(2)18(16)21/h4-8,14,16-19,25H,9-11H2,1-3H3/b12-4-/t14?,16?,17-,18+,19-,21?,22?/m0/s1. The van der Waals surface area contributed by atoms with Gasteiger partial charge in [-0.15, -0.1) is 0 Å². The summed E-state index contributed by atoms with van der Waals surface area (Å²) in [6.45, 7) is 2.97. The summed E-state index contributed by atoms with van der Waals surface area (Å²) >= 11 is 0. The second-order valence-corrected chi connectivity index (χ2v) is 9.05. The first-order valence-electron chi connectivity index (χ1n) is 10.0. The Morgan fingerprint density at radius 3 is 2.89 bits per heavy atom. The van der Waals surface area contributed by atoms with Crippen LogP contribution in [0.1, 0.15) is 25.3 Å². The zero-order valence-corrected chi connectivity index (χ0v) is 16.1. The van der Waals surface area contributed by atoms with Gasteiger partial charge < -0.3 is 14.7 Å². The summed E-state index contributed by atoms with van der Waals surface area (Å²) in [5.74, 6) is -0.146. The van der Waals surface area contributed by atoms with Gasteiger partial charge in [0.05, 0.1) is 19.3 Å². The zero-order valence-electron chi connectivity index (χ0n) is 16.1. The van der Waals surface area contributed by atoms with Crippen LogP contribution in [0.5, 0.6) is 0 Å². The van der Waals surface area contributed by atoms with E-state index in [-0.39, 0.29) is 29.4 Å². The molecule has 1 spiro atoms. The van der Waals surface area contributed by atoms with Crippen molar-refractivity contribution >= 4 is 11.7 Å². The maximum atomic E-state index is 13.3. The van der Waals surface area contributed by atoms with Crippen LogP contribution >= 0.6 is 0 Å². The van der Waals surface area contributed by atoms with Crippen molar-refractivity contribution in [3.8, 4) is 0 Å². The van der Waals surface area contributed by atoms with Crippen molar-refractivity contribution in [2.24, 2.45) is 11.3 Å². The highest BCUT2D eigenvalue weighted by molar-refractivity contribution is 5.84. The first kappa shape index (κ1) is 16.1. The molecule has 5 fully saturated rings. The number of hydrogen-bond donors (Lipinski definition) is 1. The van der Waals surface area contributed by atoms with E-state index >= 15 is 0 Å². The van der Waals surface area contributed by atoms with Crippen LogP contribution in [0.2, 0.25) is 0 Å². The van der Waals surface area contributed by atoms with Crippen LogP contribution < -0.4 is 4.90 Å². The Bertz CT molecular complexity index is 897. The zero-order chi connectivity index (χ0) is 18.7. The minimum Gasteiger partial charge on any atom is -0.468 e. The number of fused-ring (bicyclic) bond motifs is 2. The van der Waals surface area contributed by atoms with Gasteiger partial charge in [-0.05, 0) is 31.4 Å². The van der Waals surface area contributed by atoms with Crippen LogP contribution in [-0.4, -0.2) is 60.9 Å². The molecule has 1 aliphatic carbocycles. The number of piperidine rings is 4. The Morgan fingerprint density at radius 1 is 1.37 bits per heavy atom. The van der Waals surface area contributed by atoms with E-state index in [0.29, 0.717) is 6.04 Å². The maximum absolute atomic E-state index is 13.3. The second kappa shape index (κ2) is 4.76. The molecule has 5 heteroatoms. The lowest BCUT2D eigenvalue weighted by atomic mass is 9.58. The number of anilines is 1. The summed E-state index contributed by atoms with van der Waals surface area (Å²) < 4.78 is 5.37. The number of para-hydroxylation sites is 1. The number of esters is 1. The summed E-state index contributed by atoms with van der Waals surface area (Å²) in [4.78, 5) is 18.2. The van der Waals surface area contributed by atoms with Gasteiger partial charge in [-0.3, -0.25) is 9.69 Å². The Kier molecular flexibility index (Phi) is 2.84. The number of carbonyl (C=O) groups is 1. The highest BCUT2D eigenvalue weighted by atomic mass is 16.5. The number of benzene rings is 1. The molecule has 5 heterocycles. The Labute approximate surface area is 159 Å². The lowest BCUT2D eigenvalue weighted by Crippen LogP contribution is -2.71. The predicted octanol–water partition coefficient (Wildman–Crippen LogP) is 1.70. The fourth-order valence-electron chi connectivity index (χ4n) is 7.97. The lowest BCUT2D eigenvalue weighted by molar-refractivity contribution is -0.179. The molecule has 5 bridgehead atoms. The van der Waals surface area contributed by atoms with Gasteiger partial charge in [0.2, 0.25) is 0 Å². The molecule has 0 amide bonds. The molecule has 27 heavy (non-hydrogen) atoms. The quantitative estimate of drug-likeness (QED) is 0.606. The number of nitrogens with zero attached hydrogens (tertiary/aromatic N) is 2. The van der Waals surface area contributed by atoms with Gasteiger partial charge in [0.15, 0.2) is 0 Å². The predicted molar refractivity (Wildman–Crippen MR) is 102 cm³/mol. The minimum atomic E-state index is -0.849. The van der Waals surface area contributed by atoms with Crippen molar-refractivity contribution in [2.75, 3.05) is 25.6 Å². The first-order valence-corrected chi connectivity index (χ1v) is 10.0. The molecule has 1 N–H and O–H groups in total. The van der Waals surface area contributed by atoms with E-state index in [2.05, 4.69) is 54.1 Å². The monoisotopic (exact) mass is 366 g/mol. The van der Waals surface area contributed by atoms with Gasteiger partial charge >= 0.3 is 5.97 Å². The summed E-state index contributed by atoms with van der Waals surface area (Å²) in [5.41, 5.74) is 2.48. The topological polar surface area (TPSA) is 53.0 Å².